The number of nitrogens with zero attached hydrogens (tertiary/aromatic N) is 3. The zero-order chi connectivity index (χ0) is 20.6. The van der Waals surface area contributed by atoms with Gasteiger partial charge in [0.25, 0.3) is 0 Å². The van der Waals surface area contributed by atoms with Gasteiger partial charge in [0, 0.05) is 29.2 Å². The summed E-state index contributed by atoms with van der Waals surface area (Å²) in [5.74, 6) is -0.136. The predicted octanol–water partition coefficient (Wildman–Crippen LogP) is 4.13. The van der Waals surface area contributed by atoms with Gasteiger partial charge in [-0.1, -0.05) is 6.07 Å². The maximum atomic E-state index is 13.5. The number of nitrogens with one attached hydrogen (secondary N) is 1. The number of phenols is 1. The summed E-state index contributed by atoms with van der Waals surface area (Å²) in [6, 6.07) is 4.77. The van der Waals surface area contributed by atoms with Crippen molar-refractivity contribution >= 4 is 16.6 Å². The quantitative estimate of drug-likeness (QED) is 0.608. The van der Waals surface area contributed by atoms with E-state index >= 15 is 0 Å². The van der Waals surface area contributed by atoms with Crippen molar-refractivity contribution in [3.8, 4) is 17.0 Å². The minimum Gasteiger partial charge on any atom is -0.507 e. The first-order valence-corrected chi connectivity index (χ1v) is 9.29. The molecule has 1 saturated carbocycles. The normalized spacial score (nSPS) is 20.0. The summed E-state index contributed by atoms with van der Waals surface area (Å²) in [7, 11) is 0. The molecular formula is C20H19F3N4O2. The number of aliphatic hydroxyl groups is 1. The van der Waals surface area contributed by atoms with Crippen LogP contribution in [-0.2, 0) is 6.18 Å². The molecule has 0 spiro atoms. The monoisotopic (exact) mass is 404 g/mol. The highest BCUT2D eigenvalue weighted by atomic mass is 19.4. The van der Waals surface area contributed by atoms with Crippen LogP contribution < -0.4 is 5.32 Å². The molecule has 2 atom stereocenters. The number of benzene rings is 1. The zero-order valence-corrected chi connectivity index (χ0v) is 15.3. The maximum Gasteiger partial charge on any atom is 0.417 e. The van der Waals surface area contributed by atoms with Gasteiger partial charge in [-0.05, 0) is 43.9 Å². The average molecular weight is 404 g/mol. The largest absolute Gasteiger partial charge is 0.507 e. The molecule has 9 heteroatoms. The van der Waals surface area contributed by atoms with E-state index in [1.807, 2.05) is 0 Å². The minimum absolute atomic E-state index is 0.0156. The lowest BCUT2D eigenvalue weighted by molar-refractivity contribution is -0.137. The number of aliphatic hydroxyl groups excluding tert-OH is 1. The third-order valence-electron chi connectivity index (χ3n) is 5.15. The Morgan fingerprint density at radius 2 is 1.90 bits per heavy atom. The molecule has 1 fully saturated rings. The fourth-order valence-electron chi connectivity index (χ4n) is 3.80. The van der Waals surface area contributed by atoms with Crippen molar-refractivity contribution < 1.29 is 23.4 Å². The second kappa shape index (κ2) is 7.47. The Labute approximate surface area is 164 Å². The van der Waals surface area contributed by atoms with Crippen molar-refractivity contribution in [2.45, 2.75) is 44.0 Å². The minimum atomic E-state index is -4.66. The number of fused-ring (bicyclic) bond motifs is 1. The number of halogens is 3. The number of hydrogen-bond donors (Lipinski definition) is 3. The van der Waals surface area contributed by atoms with E-state index in [4.69, 9.17) is 0 Å². The van der Waals surface area contributed by atoms with Gasteiger partial charge in [0.2, 0.25) is 0 Å². The van der Waals surface area contributed by atoms with E-state index in [-0.39, 0.29) is 11.7 Å². The maximum absolute atomic E-state index is 13.5. The standard InChI is InChI=1S/C20H19F3N4O2/c21-20(22,23)15-5-2-6-16(29)17(15)18-13-7-8-24-10-14(13)19(27-26-18)25-11-3-1-4-12(28)9-11/h2,5-8,10-12,28-29H,1,3-4,9H2,(H,25,27)/t11-,12+/m1/s1. The van der Waals surface area contributed by atoms with Crippen LogP contribution >= 0.6 is 0 Å². The highest BCUT2D eigenvalue weighted by Crippen LogP contribution is 2.43. The molecule has 6 nitrogen and oxygen atoms in total. The van der Waals surface area contributed by atoms with Gasteiger partial charge >= 0.3 is 6.18 Å². The first-order valence-electron chi connectivity index (χ1n) is 9.29. The van der Waals surface area contributed by atoms with Crippen molar-refractivity contribution in [3.63, 3.8) is 0 Å². The molecule has 152 valence electrons. The lowest BCUT2D eigenvalue weighted by atomic mass is 9.93. The molecule has 0 aliphatic heterocycles. The fourth-order valence-corrected chi connectivity index (χ4v) is 3.80. The Bertz CT molecular complexity index is 1040. The number of rotatable bonds is 3. The van der Waals surface area contributed by atoms with Crippen LogP contribution in [-0.4, -0.2) is 37.5 Å². The second-order valence-corrected chi connectivity index (χ2v) is 7.18. The molecule has 0 unspecified atom stereocenters. The first-order chi connectivity index (χ1) is 13.8. The third kappa shape index (κ3) is 3.82. The van der Waals surface area contributed by atoms with Crippen molar-refractivity contribution in [1.82, 2.24) is 15.2 Å². The number of anilines is 1. The Morgan fingerprint density at radius 1 is 1.07 bits per heavy atom. The van der Waals surface area contributed by atoms with Crippen LogP contribution in [0.1, 0.15) is 31.2 Å². The van der Waals surface area contributed by atoms with Crippen LogP contribution in [0.4, 0.5) is 19.0 Å². The number of alkyl halides is 3. The molecule has 4 rings (SSSR count). The van der Waals surface area contributed by atoms with E-state index in [1.54, 1.807) is 6.07 Å². The van der Waals surface area contributed by atoms with Crippen molar-refractivity contribution in [2.24, 2.45) is 0 Å². The smallest absolute Gasteiger partial charge is 0.417 e. The number of aromatic nitrogens is 3. The van der Waals surface area contributed by atoms with Crippen LogP contribution in [0.5, 0.6) is 5.75 Å². The van der Waals surface area contributed by atoms with E-state index in [0.29, 0.717) is 23.0 Å². The summed E-state index contributed by atoms with van der Waals surface area (Å²) in [5.41, 5.74) is -1.47. The second-order valence-electron chi connectivity index (χ2n) is 7.18. The molecule has 0 radical (unpaired) electrons. The average Bonchev–Trinajstić information content (AvgIpc) is 2.68. The summed E-state index contributed by atoms with van der Waals surface area (Å²) in [6.07, 6.45) is 0.921. The summed E-state index contributed by atoms with van der Waals surface area (Å²) in [6.45, 7) is 0. The fraction of sp³-hybridized carbons (Fsp3) is 0.350. The molecule has 2 heterocycles. The van der Waals surface area contributed by atoms with Crippen LogP contribution in [0.3, 0.4) is 0 Å². The number of hydrogen-bond acceptors (Lipinski definition) is 6. The summed E-state index contributed by atoms with van der Waals surface area (Å²) < 4.78 is 40.6. The van der Waals surface area contributed by atoms with Gasteiger partial charge in [-0.15, -0.1) is 10.2 Å². The van der Waals surface area contributed by atoms with Crippen molar-refractivity contribution in [1.29, 1.82) is 0 Å². The topological polar surface area (TPSA) is 91.2 Å². The first kappa shape index (κ1) is 19.4. The molecule has 2 aromatic heterocycles. The van der Waals surface area contributed by atoms with Gasteiger partial charge in [0.05, 0.1) is 17.2 Å². The van der Waals surface area contributed by atoms with E-state index < -0.39 is 29.2 Å². The molecule has 1 aliphatic rings. The van der Waals surface area contributed by atoms with E-state index in [0.717, 1.165) is 31.4 Å². The molecule has 0 amide bonds. The van der Waals surface area contributed by atoms with E-state index in [1.165, 1.54) is 18.5 Å². The van der Waals surface area contributed by atoms with Crippen LogP contribution in [0, 0.1) is 0 Å². The molecule has 0 bridgehead atoms. The highest BCUT2D eigenvalue weighted by molar-refractivity contribution is 6.01. The SMILES string of the molecule is Oc1cccc(C(F)(F)F)c1-c1nnc(N[C@@H]2CCC[C@H](O)C2)c2cnccc12. The zero-order valence-electron chi connectivity index (χ0n) is 15.3. The number of aromatic hydroxyl groups is 1. The molecule has 3 aromatic rings. The van der Waals surface area contributed by atoms with Gasteiger partial charge in [-0.25, -0.2) is 0 Å². The van der Waals surface area contributed by atoms with Gasteiger partial charge in [-0.3, -0.25) is 4.98 Å². The van der Waals surface area contributed by atoms with Crippen LogP contribution in [0.2, 0.25) is 0 Å². The Kier molecular flexibility index (Phi) is 4.99. The summed E-state index contributed by atoms with van der Waals surface area (Å²) >= 11 is 0. The van der Waals surface area contributed by atoms with E-state index in [2.05, 4.69) is 20.5 Å². The number of pyridine rings is 1. The molecular weight excluding hydrogens is 385 g/mol. The number of phenolic OH excluding ortho intramolecular Hbond substituents is 1. The molecule has 0 saturated heterocycles. The predicted molar refractivity (Wildman–Crippen MR) is 101 cm³/mol. The van der Waals surface area contributed by atoms with Crippen LogP contribution in [0.25, 0.3) is 22.0 Å². The molecule has 1 aromatic carbocycles. The van der Waals surface area contributed by atoms with Crippen LogP contribution in [0.15, 0.2) is 36.7 Å². The Morgan fingerprint density at radius 3 is 2.66 bits per heavy atom. The van der Waals surface area contributed by atoms with Gasteiger partial charge in [0.15, 0.2) is 5.82 Å². The van der Waals surface area contributed by atoms with Crippen molar-refractivity contribution in [2.75, 3.05) is 5.32 Å². The Balaban J connectivity index is 1.83. The van der Waals surface area contributed by atoms with Gasteiger partial charge in [-0.2, -0.15) is 13.2 Å². The lowest BCUT2D eigenvalue weighted by Gasteiger charge is -2.27. The molecule has 1 aliphatic carbocycles. The third-order valence-corrected chi connectivity index (χ3v) is 5.15. The molecule has 29 heavy (non-hydrogen) atoms. The lowest BCUT2D eigenvalue weighted by Crippen LogP contribution is -2.30. The van der Waals surface area contributed by atoms with Crippen molar-refractivity contribution in [3.05, 3.63) is 42.2 Å². The van der Waals surface area contributed by atoms with Gasteiger partial charge in [0.1, 0.15) is 11.4 Å². The summed E-state index contributed by atoms with van der Waals surface area (Å²) in [5, 5.41) is 32.3. The Hall–Kier alpha value is -2.94. The summed E-state index contributed by atoms with van der Waals surface area (Å²) in [4.78, 5) is 4.07. The molecule has 3 N–H and O–H groups in total. The van der Waals surface area contributed by atoms with E-state index in [9.17, 15) is 23.4 Å². The highest BCUT2D eigenvalue weighted by Gasteiger charge is 2.36. The van der Waals surface area contributed by atoms with Gasteiger partial charge < -0.3 is 15.5 Å².